The first-order valence-electron chi connectivity index (χ1n) is 10.3. The van der Waals surface area contributed by atoms with E-state index in [0.29, 0.717) is 11.3 Å². The molecule has 1 N–H and O–H groups in total. The molecular weight excluding hydrogens is 460 g/mol. The molecule has 0 bridgehead atoms. The molecule has 0 spiro atoms. The Bertz CT molecular complexity index is 1310. The van der Waals surface area contributed by atoms with E-state index >= 15 is 0 Å². The number of hydrogen-bond donors (Lipinski definition) is 1. The molecule has 4 rings (SSSR count). The highest BCUT2D eigenvalue weighted by Gasteiger charge is 2.30. The normalized spacial score (nSPS) is 11.8. The Morgan fingerprint density at radius 1 is 1.14 bits per heavy atom. The van der Waals surface area contributed by atoms with Crippen LogP contribution in [-0.4, -0.2) is 54.1 Å². The van der Waals surface area contributed by atoms with Gasteiger partial charge in [0.2, 0.25) is 11.6 Å². The molecule has 0 aliphatic heterocycles. The van der Waals surface area contributed by atoms with Crippen LogP contribution < -0.4 is 4.90 Å². The van der Waals surface area contributed by atoms with Crippen LogP contribution in [-0.2, 0) is 11.3 Å². The monoisotopic (exact) mass is 485 g/mol. The molecule has 0 aliphatic carbocycles. The van der Waals surface area contributed by atoms with Crippen LogP contribution >= 0.6 is 0 Å². The van der Waals surface area contributed by atoms with Gasteiger partial charge in [-0.15, -0.1) is 5.10 Å². The number of rotatable bonds is 8. The Morgan fingerprint density at radius 3 is 2.51 bits per heavy atom. The van der Waals surface area contributed by atoms with Gasteiger partial charge in [0.05, 0.1) is 12.7 Å². The summed E-state index contributed by atoms with van der Waals surface area (Å²) >= 11 is 0. The van der Waals surface area contributed by atoms with Crippen LogP contribution in [0.5, 0.6) is 0 Å². The average molecular weight is 485 g/mol. The summed E-state index contributed by atoms with van der Waals surface area (Å²) in [5, 5.41) is 17.8. The minimum absolute atomic E-state index is 0. The predicted molar refractivity (Wildman–Crippen MR) is 123 cm³/mol. The third kappa shape index (κ3) is 5.15. The molecule has 0 aliphatic rings. The van der Waals surface area contributed by atoms with Crippen LogP contribution in [0.15, 0.2) is 47.3 Å². The zero-order valence-corrected chi connectivity index (χ0v) is 18.6. The number of hydrogen-bond acceptors (Lipinski definition) is 8. The van der Waals surface area contributed by atoms with E-state index in [2.05, 4.69) is 25.2 Å². The van der Waals surface area contributed by atoms with Crippen molar-refractivity contribution in [2.24, 2.45) is 5.92 Å². The van der Waals surface area contributed by atoms with Crippen molar-refractivity contribution >= 4 is 11.8 Å². The minimum atomic E-state index is -1.11. The standard InChI is InChI=1S/C22H21F2N7O3.CH4/c1-12(2)17(22(32)33)30(3)20-15(24)10-25-18(26-20)19-27-21(16-8-9-34-29-16)31(28-19)11-13-6-4-5-7-14(13)23;/h4-10,12,17H,11H2,1-3H3,(H,32,33);1H4/t17-;/m0./s1. The van der Waals surface area contributed by atoms with Gasteiger partial charge in [-0.2, -0.15) is 0 Å². The zero-order chi connectivity index (χ0) is 24.4. The van der Waals surface area contributed by atoms with E-state index in [1.54, 1.807) is 38.1 Å². The third-order valence-corrected chi connectivity index (χ3v) is 5.18. The van der Waals surface area contributed by atoms with Crippen LogP contribution in [0.1, 0.15) is 26.8 Å². The van der Waals surface area contributed by atoms with E-state index in [1.165, 1.54) is 29.0 Å². The highest BCUT2D eigenvalue weighted by atomic mass is 19.1. The smallest absolute Gasteiger partial charge is 0.326 e. The minimum Gasteiger partial charge on any atom is -0.480 e. The van der Waals surface area contributed by atoms with E-state index in [1.807, 2.05) is 0 Å². The molecule has 0 saturated heterocycles. The molecule has 0 amide bonds. The van der Waals surface area contributed by atoms with Crippen LogP contribution in [0.25, 0.3) is 23.2 Å². The van der Waals surface area contributed by atoms with Crippen LogP contribution in [0.2, 0.25) is 0 Å². The third-order valence-electron chi connectivity index (χ3n) is 5.18. The fourth-order valence-electron chi connectivity index (χ4n) is 3.60. The highest BCUT2D eigenvalue weighted by molar-refractivity contribution is 5.78. The summed E-state index contributed by atoms with van der Waals surface area (Å²) in [7, 11) is 1.44. The van der Waals surface area contributed by atoms with Gasteiger partial charge in [0.1, 0.15) is 18.1 Å². The quantitative estimate of drug-likeness (QED) is 0.396. The molecule has 0 saturated carbocycles. The molecule has 35 heavy (non-hydrogen) atoms. The fraction of sp³-hybridized carbons (Fsp3) is 0.304. The van der Waals surface area contributed by atoms with E-state index in [9.17, 15) is 18.7 Å². The van der Waals surface area contributed by atoms with Gasteiger partial charge in [-0.3, -0.25) is 0 Å². The Balaban J connectivity index is 0.00000342. The second kappa shape index (κ2) is 10.4. The first-order chi connectivity index (χ1) is 16.3. The number of likely N-dealkylation sites (N-methyl/N-ethyl adjacent to an activating group) is 1. The van der Waals surface area contributed by atoms with Gasteiger partial charge in [-0.1, -0.05) is 44.6 Å². The lowest BCUT2D eigenvalue weighted by atomic mass is 10.0. The molecule has 0 radical (unpaired) electrons. The van der Waals surface area contributed by atoms with Gasteiger partial charge in [-0.25, -0.2) is 33.2 Å². The average Bonchev–Trinajstić information content (AvgIpc) is 3.45. The predicted octanol–water partition coefficient (Wildman–Crippen LogP) is 3.90. The molecule has 3 heterocycles. The SMILES string of the molecule is C.CC(C)[C@@H](C(=O)O)N(C)c1nc(-c2nc(-c3ccon3)n(Cc3ccccc3F)n2)ncc1F. The first kappa shape index (κ1) is 25.4. The summed E-state index contributed by atoms with van der Waals surface area (Å²) in [4.78, 5) is 25.6. The Hall–Kier alpha value is -4.22. The van der Waals surface area contributed by atoms with Crippen LogP contribution in [0, 0.1) is 17.6 Å². The number of carbonyl (C=O) groups is 1. The summed E-state index contributed by atoms with van der Waals surface area (Å²) in [5.74, 6) is -2.59. The number of anilines is 1. The fourth-order valence-corrected chi connectivity index (χ4v) is 3.60. The van der Waals surface area contributed by atoms with E-state index < -0.39 is 23.6 Å². The topological polar surface area (TPSA) is 123 Å². The summed E-state index contributed by atoms with van der Waals surface area (Å²) in [6.07, 6.45) is 2.29. The zero-order valence-electron chi connectivity index (χ0n) is 18.6. The van der Waals surface area contributed by atoms with Gasteiger partial charge < -0.3 is 14.5 Å². The first-order valence-corrected chi connectivity index (χ1v) is 10.3. The summed E-state index contributed by atoms with van der Waals surface area (Å²) < 4.78 is 35.2. The largest absolute Gasteiger partial charge is 0.480 e. The second-order valence-electron chi connectivity index (χ2n) is 7.90. The van der Waals surface area contributed by atoms with Crippen molar-refractivity contribution in [2.45, 2.75) is 33.9 Å². The second-order valence-corrected chi connectivity index (χ2v) is 7.90. The molecule has 0 unspecified atom stereocenters. The summed E-state index contributed by atoms with van der Waals surface area (Å²) in [5.41, 5.74) is 0.714. The van der Waals surface area contributed by atoms with Crippen LogP contribution in [0.4, 0.5) is 14.6 Å². The van der Waals surface area contributed by atoms with Crippen molar-refractivity contribution in [1.82, 2.24) is 29.9 Å². The maximum atomic E-state index is 14.6. The van der Waals surface area contributed by atoms with Gasteiger partial charge >= 0.3 is 5.97 Å². The van der Waals surface area contributed by atoms with Crippen molar-refractivity contribution in [3.05, 3.63) is 60.0 Å². The van der Waals surface area contributed by atoms with Gasteiger partial charge in [-0.05, 0) is 12.0 Å². The van der Waals surface area contributed by atoms with Crippen molar-refractivity contribution < 1.29 is 23.2 Å². The number of aliphatic carboxylic acids is 1. The number of benzene rings is 1. The van der Waals surface area contributed by atoms with E-state index in [4.69, 9.17) is 4.52 Å². The maximum absolute atomic E-state index is 14.6. The van der Waals surface area contributed by atoms with Crippen molar-refractivity contribution in [2.75, 3.05) is 11.9 Å². The molecule has 1 atom stereocenters. The molecule has 10 nitrogen and oxygen atoms in total. The Labute approximate surface area is 200 Å². The van der Waals surface area contributed by atoms with Crippen LogP contribution in [0.3, 0.4) is 0 Å². The van der Waals surface area contributed by atoms with Gasteiger partial charge in [0, 0.05) is 18.7 Å². The lowest BCUT2D eigenvalue weighted by Crippen LogP contribution is -2.43. The number of nitrogens with zero attached hydrogens (tertiary/aromatic N) is 7. The molecule has 184 valence electrons. The van der Waals surface area contributed by atoms with Crippen molar-refractivity contribution in [3.8, 4) is 23.2 Å². The van der Waals surface area contributed by atoms with Gasteiger partial charge in [0.15, 0.2) is 23.2 Å². The molecule has 12 heteroatoms. The van der Waals surface area contributed by atoms with Gasteiger partial charge in [0.25, 0.3) is 0 Å². The molecule has 0 fully saturated rings. The maximum Gasteiger partial charge on any atom is 0.326 e. The number of carboxylic acids is 1. The number of aromatic nitrogens is 6. The molecule has 3 aromatic heterocycles. The Kier molecular flexibility index (Phi) is 7.52. The number of carboxylic acid groups (broad SMARTS) is 1. The Morgan fingerprint density at radius 2 is 1.89 bits per heavy atom. The molecule has 1 aromatic carbocycles. The number of halogens is 2. The van der Waals surface area contributed by atoms with E-state index in [0.717, 1.165) is 6.20 Å². The lowest BCUT2D eigenvalue weighted by Gasteiger charge is -2.28. The van der Waals surface area contributed by atoms with Crippen molar-refractivity contribution in [3.63, 3.8) is 0 Å². The van der Waals surface area contributed by atoms with Crippen molar-refractivity contribution in [1.29, 1.82) is 0 Å². The highest BCUT2D eigenvalue weighted by Crippen LogP contribution is 2.25. The molecule has 4 aromatic rings. The summed E-state index contributed by atoms with van der Waals surface area (Å²) in [6, 6.07) is 6.77. The summed E-state index contributed by atoms with van der Waals surface area (Å²) in [6.45, 7) is 3.46. The molecular formula is C23H25F2N7O3. The van der Waals surface area contributed by atoms with E-state index in [-0.39, 0.29) is 43.2 Å². The lowest BCUT2D eigenvalue weighted by molar-refractivity contribution is -0.139.